The van der Waals surface area contributed by atoms with Gasteiger partial charge in [0.2, 0.25) is 0 Å². The second-order valence-corrected chi connectivity index (χ2v) is 6.78. The Kier molecular flexibility index (Phi) is 12.1. The number of ether oxygens (including phenoxy) is 1. The van der Waals surface area contributed by atoms with Gasteiger partial charge in [-0.2, -0.15) is 0 Å². The average Bonchev–Trinajstić information content (AvgIpc) is 2.62. The third-order valence-corrected chi connectivity index (χ3v) is 4.41. The second-order valence-electron chi connectivity index (χ2n) is 6.78. The van der Waals surface area contributed by atoms with Crippen molar-refractivity contribution in [1.82, 2.24) is 0 Å². The maximum Gasteiger partial charge on any atom is 0.330 e. The smallest absolute Gasteiger partial charge is 0.330 e. The molecule has 0 fully saturated rings. The standard InChI is InChI=1S/C22H34O4/c1-2-3-4-5-6-7-8-9-10-11-12-17-26-22(25)16-14-19-13-15-20(23)18-21(19)24/h13-16,18,23-24H,2-12,17H2,1H3. The molecule has 0 aliphatic heterocycles. The van der Waals surface area contributed by atoms with Crippen LogP contribution in [-0.2, 0) is 9.53 Å². The third kappa shape index (κ3) is 10.8. The fraction of sp³-hybridized carbons (Fsp3) is 0.591. The van der Waals surface area contributed by atoms with E-state index in [1.807, 2.05) is 0 Å². The Morgan fingerprint density at radius 3 is 2.08 bits per heavy atom. The lowest BCUT2D eigenvalue weighted by atomic mass is 10.1. The number of hydrogen-bond acceptors (Lipinski definition) is 4. The van der Waals surface area contributed by atoms with Crippen LogP contribution in [0.5, 0.6) is 11.5 Å². The molecule has 1 aromatic rings. The van der Waals surface area contributed by atoms with Crippen LogP contribution in [0, 0.1) is 0 Å². The predicted molar refractivity (Wildman–Crippen MR) is 106 cm³/mol. The van der Waals surface area contributed by atoms with Crippen molar-refractivity contribution in [3.63, 3.8) is 0 Å². The quantitative estimate of drug-likeness (QED) is 0.243. The zero-order valence-corrected chi connectivity index (χ0v) is 16.1. The Morgan fingerprint density at radius 1 is 0.923 bits per heavy atom. The highest BCUT2D eigenvalue weighted by molar-refractivity contribution is 5.87. The molecule has 0 radical (unpaired) electrons. The Morgan fingerprint density at radius 2 is 1.50 bits per heavy atom. The van der Waals surface area contributed by atoms with Crippen LogP contribution in [0.4, 0.5) is 0 Å². The monoisotopic (exact) mass is 362 g/mol. The minimum atomic E-state index is -0.412. The Labute approximate surface area is 157 Å². The Bertz CT molecular complexity index is 537. The summed E-state index contributed by atoms with van der Waals surface area (Å²) in [6.45, 7) is 2.68. The van der Waals surface area contributed by atoms with Gasteiger partial charge in [-0.05, 0) is 24.6 Å². The summed E-state index contributed by atoms with van der Waals surface area (Å²) in [5.74, 6) is -0.498. The summed E-state index contributed by atoms with van der Waals surface area (Å²) in [7, 11) is 0. The first-order valence-corrected chi connectivity index (χ1v) is 10.00. The van der Waals surface area contributed by atoms with Crippen molar-refractivity contribution in [3.05, 3.63) is 29.8 Å². The van der Waals surface area contributed by atoms with Crippen molar-refractivity contribution in [2.24, 2.45) is 0 Å². The largest absolute Gasteiger partial charge is 0.508 e. The van der Waals surface area contributed by atoms with Crippen LogP contribution < -0.4 is 0 Å². The first kappa shape index (κ1) is 22.1. The van der Waals surface area contributed by atoms with Crippen LogP contribution in [0.2, 0.25) is 0 Å². The number of benzene rings is 1. The normalized spacial score (nSPS) is 11.1. The molecule has 1 rings (SSSR count). The van der Waals surface area contributed by atoms with Gasteiger partial charge in [-0.1, -0.05) is 71.1 Å². The molecule has 0 aliphatic carbocycles. The molecule has 0 heterocycles. The highest BCUT2D eigenvalue weighted by atomic mass is 16.5. The van der Waals surface area contributed by atoms with Crippen molar-refractivity contribution in [2.45, 2.75) is 77.6 Å². The van der Waals surface area contributed by atoms with Crippen LogP contribution >= 0.6 is 0 Å². The molecule has 146 valence electrons. The summed E-state index contributed by atoms with van der Waals surface area (Å²) >= 11 is 0. The number of phenols is 2. The van der Waals surface area contributed by atoms with E-state index < -0.39 is 5.97 Å². The number of phenolic OH excluding ortho intramolecular Hbond substituents is 2. The van der Waals surface area contributed by atoms with Crippen molar-refractivity contribution < 1.29 is 19.7 Å². The second kappa shape index (κ2) is 14.2. The third-order valence-electron chi connectivity index (χ3n) is 4.41. The molecule has 0 aromatic heterocycles. The fourth-order valence-corrected chi connectivity index (χ4v) is 2.82. The number of carbonyl (C=O) groups is 1. The number of esters is 1. The van der Waals surface area contributed by atoms with Crippen molar-refractivity contribution in [3.8, 4) is 11.5 Å². The van der Waals surface area contributed by atoms with Crippen LogP contribution in [0.15, 0.2) is 24.3 Å². The molecule has 0 aliphatic rings. The molecule has 0 saturated heterocycles. The summed E-state index contributed by atoms with van der Waals surface area (Å²) in [5.41, 5.74) is 0.467. The van der Waals surface area contributed by atoms with Gasteiger partial charge in [0.15, 0.2) is 0 Å². The molecular formula is C22H34O4. The zero-order valence-electron chi connectivity index (χ0n) is 16.1. The van der Waals surface area contributed by atoms with Crippen LogP contribution in [-0.4, -0.2) is 22.8 Å². The fourth-order valence-electron chi connectivity index (χ4n) is 2.82. The van der Waals surface area contributed by atoms with E-state index in [2.05, 4.69) is 6.92 Å². The summed E-state index contributed by atoms with van der Waals surface area (Å²) in [4.78, 5) is 11.6. The number of carbonyl (C=O) groups excluding carboxylic acids is 1. The molecule has 0 atom stereocenters. The van der Waals surface area contributed by atoms with Crippen molar-refractivity contribution in [1.29, 1.82) is 0 Å². The van der Waals surface area contributed by atoms with Crippen molar-refractivity contribution >= 4 is 12.0 Å². The molecule has 4 heteroatoms. The van der Waals surface area contributed by atoms with Gasteiger partial charge in [0.05, 0.1) is 6.61 Å². The highest BCUT2D eigenvalue weighted by Crippen LogP contribution is 2.23. The Hall–Kier alpha value is -1.97. The van der Waals surface area contributed by atoms with E-state index in [1.54, 1.807) is 0 Å². The lowest BCUT2D eigenvalue weighted by Gasteiger charge is -2.04. The predicted octanol–water partition coefficient (Wildman–Crippen LogP) is 5.97. The van der Waals surface area contributed by atoms with Gasteiger partial charge in [-0.3, -0.25) is 0 Å². The molecule has 0 amide bonds. The Balaban J connectivity index is 1.99. The molecular weight excluding hydrogens is 328 g/mol. The van der Waals surface area contributed by atoms with Gasteiger partial charge in [0.25, 0.3) is 0 Å². The molecule has 0 spiro atoms. The lowest BCUT2D eigenvalue weighted by Crippen LogP contribution is -2.02. The summed E-state index contributed by atoms with van der Waals surface area (Å²) in [6, 6.07) is 4.23. The average molecular weight is 363 g/mol. The van der Waals surface area contributed by atoms with E-state index in [-0.39, 0.29) is 11.5 Å². The first-order valence-electron chi connectivity index (χ1n) is 10.00. The molecule has 4 nitrogen and oxygen atoms in total. The molecule has 26 heavy (non-hydrogen) atoms. The van der Waals surface area contributed by atoms with E-state index >= 15 is 0 Å². The number of unbranched alkanes of at least 4 members (excludes halogenated alkanes) is 10. The molecule has 2 N–H and O–H groups in total. The van der Waals surface area contributed by atoms with E-state index in [0.717, 1.165) is 12.8 Å². The van der Waals surface area contributed by atoms with E-state index in [4.69, 9.17) is 4.74 Å². The van der Waals surface area contributed by atoms with Crippen LogP contribution in [0.1, 0.15) is 83.1 Å². The van der Waals surface area contributed by atoms with Gasteiger partial charge < -0.3 is 14.9 Å². The van der Waals surface area contributed by atoms with Crippen LogP contribution in [0.25, 0.3) is 6.08 Å². The van der Waals surface area contributed by atoms with Crippen molar-refractivity contribution in [2.75, 3.05) is 6.61 Å². The van der Waals surface area contributed by atoms with Gasteiger partial charge in [-0.15, -0.1) is 0 Å². The van der Waals surface area contributed by atoms with Gasteiger partial charge in [0, 0.05) is 17.7 Å². The molecule has 0 saturated carbocycles. The zero-order chi connectivity index (χ0) is 19.0. The molecule has 0 bridgehead atoms. The van der Waals surface area contributed by atoms with Gasteiger partial charge in [-0.25, -0.2) is 4.79 Å². The topological polar surface area (TPSA) is 66.8 Å². The number of hydrogen-bond donors (Lipinski definition) is 2. The lowest BCUT2D eigenvalue weighted by molar-refractivity contribution is -0.137. The number of aromatic hydroxyl groups is 2. The van der Waals surface area contributed by atoms with E-state index in [0.29, 0.717) is 12.2 Å². The maximum absolute atomic E-state index is 11.6. The highest BCUT2D eigenvalue weighted by Gasteiger charge is 2.01. The maximum atomic E-state index is 11.6. The van der Waals surface area contributed by atoms with Gasteiger partial charge in [0.1, 0.15) is 11.5 Å². The first-order chi connectivity index (χ1) is 12.6. The summed E-state index contributed by atoms with van der Waals surface area (Å²) < 4.78 is 5.15. The van der Waals surface area contributed by atoms with Crippen LogP contribution in [0.3, 0.4) is 0 Å². The van der Waals surface area contributed by atoms with Gasteiger partial charge >= 0.3 is 5.97 Å². The SMILES string of the molecule is CCCCCCCCCCCCCOC(=O)C=Cc1ccc(O)cc1O. The summed E-state index contributed by atoms with van der Waals surface area (Å²) in [6.07, 6.45) is 16.7. The van der Waals surface area contributed by atoms with E-state index in [9.17, 15) is 15.0 Å². The molecule has 1 aromatic carbocycles. The minimum absolute atomic E-state index is 0.0151. The minimum Gasteiger partial charge on any atom is -0.508 e. The van der Waals surface area contributed by atoms with E-state index in [1.165, 1.54) is 88.1 Å². The number of rotatable bonds is 14. The molecule has 0 unspecified atom stereocenters. The summed E-state index contributed by atoms with van der Waals surface area (Å²) in [5, 5.41) is 18.8.